The van der Waals surface area contributed by atoms with Gasteiger partial charge in [-0.05, 0) is 25.5 Å². The van der Waals surface area contributed by atoms with Crippen LogP contribution in [-0.4, -0.2) is 24.0 Å². The number of para-hydroxylation sites is 1. The smallest absolute Gasteiger partial charge is 0.263 e. The van der Waals surface area contributed by atoms with Crippen LogP contribution in [0.2, 0.25) is 0 Å². The van der Waals surface area contributed by atoms with Crippen LogP contribution in [0.3, 0.4) is 0 Å². The second-order valence-electron chi connectivity index (χ2n) is 5.66. The van der Waals surface area contributed by atoms with Crippen LogP contribution in [0.4, 0.5) is 4.39 Å². The van der Waals surface area contributed by atoms with Gasteiger partial charge in [-0.25, -0.2) is 9.37 Å². The molecule has 0 fully saturated rings. The zero-order chi connectivity index (χ0) is 18.4. The quantitative estimate of drug-likeness (QED) is 0.625. The monoisotopic (exact) mass is 370 g/mol. The molecule has 1 N–H and O–H groups in total. The van der Waals surface area contributed by atoms with E-state index in [9.17, 15) is 9.18 Å². The van der Waals surface area contributed by atoms with Crippen LogP contribution in [0.25, 0.3) is 11.3 Å². The molecule has 0 bridgehead atoms. The van der Waals surface area contributed by atoms with Crippen molar-refractivity contribution >= 4 is 17.2 Å². The molecule has 6 heteroatoms. The Morgan fingerprint density at radius 3 is 2.65 bits per heavy atom. The average molecular weight is 370 g/mol. The SMILES string of the molecule is Cc1nc(-c2ccccc2)c(C(=O)NCCCOc2ccccc2F)s1. The maximum absolute atomic E-state index is 13.5. The number of halogens is 1. The van der Waals surface area contributed by atoms with Gasteiger partial charge < -0.3 is 10.1 Å². The number of aryl methyl sites for hydroxylation is 1. The molecule has 0 radical (unpaired) electrons. The first kappa shape index (κ1) is 18.1. The van der Waals surface area contributed by atoms with Crippen molar-refractivity contribution < 1.29 is 13.9 Å². The van der Waals surface area contributed by atoms with Crippen LogP contribution in [0.1, 0.15) is 21.1 Å². The predicted molar refractivity (Wildman–Crippen MR) is 101 cm³/mol. The molecule has 0 aliphatic heterocycles. The highest BCUT2D eigenvalue weighted by Crippen LogP contribution is 2.27. The third-order valence-corrected chi connectivity index (χ3v) is 4.66. The minimum absolute atomic E-state index is 0.152. The van der Waals surface area contributed by atoms with Crippen molar-refractivity contribution in [2.24, 2.45) is 0 Å². The summed E-state index contributed by atoms with van der Waals surface area (Å²) >= 11 is 1.38. The summed E-state index contributed by atoms with van der Waals surface area (Å²) in [7, 11) is 0. The minimum atomic E-state index is -0.385. The highest BCUT2D eigenvalue weighted by molar-refractivity contribution is 7.14. The van der Waals surface area contributed by atoms with Gasteiger partial charge in [0, 0.05) is 12.1 Å². The van der Waals surface area contributed by atoms with Gasteiger partial charge in [-0.2, -0.15) is 0 Å². The Morgan fingerprint density at radius 2 is 1.88 bits per heavy atom. The Hall–Kier alpha value is -2.73. The van der Waals surface area contributed by atoms with Crippen molar-refractivity contribution in [2.75, 3.05) is 13.2 Å². The fourth-order valence-corrected chi connectivity index (χ4v) is 3.33. The van der Waals surface area contributed by atoms with Gasteiger partial charge >= 0.3 is 0 Å². The second kappa shape index (κ2) is 8.58. The zero-order valence-corrected chi connectivity index (χ0v) is 15.2. The average Bonchev–Trinajstić information content (AvgIpc) is 3.05. The molecule has 3 aromatic rings. The summed E-state index contributed by atoms with van der Waals surface area (Å²) in [6.45, 7) is 2.66. The molecule has 3 rings (SSSR count). The molecule has 134 valence electrons. The van der Waals surface area contributed by atoms with Crippen LogP contribution in [0.15, 0.2) is 54.6 Å². The Kier molecular flexibility index (Phi) is 5.96. The fraction of sp³-hybridized carbons (Fsp3) is 0.200. The highest BCUT2D eigenvalue weighted by atomic mass is 32.1. The van der Waals surface area contributed by atoms with Crippen molar-refractivity contribution in [3.8, 4) is 17.0 Å². The molecule has 0 unspecified atom stereocenters. The summed E-state index contributed by atoms with van der Waals surface area (Å²) < 4.78 is 18.8. The molecule has 1 aromatic heterocycles. The number of carbonyl (C=O) groups excluding carboxylic acids is 1. The van der Waals surface area contributed by atoms with Crippen molar-refractivity contribution in [1.29, 1.82) is 0 Å². The fourth-order valence-electron chi connectivity index (χ4n) is 2.47. The molecular formula is C20H19FN2O2S. The minimum Gasteiger partial charge on any atom is -0.490 e. The molecular weight excluding hydrogens is 351 g/mol. The molecule has 0 aliphatic carbocycles. The lowest BCUT2D eigenvalue weighted by molar-refractivity contribution is 0.0956. The summed E-state index contributed by atoms with van der Waals surface area (Å²) in [6.07, 6.45) is 0.582. The van der Waals surface area contributed by atoms with E-state index in [4.69, 9.17) is 4.74 Å². The first-order chi connectivity index (χ1) is 12.6. The third-order valence-electron chi connectivity index (χ3n) is 3.69. The maximum atomic E-state index is 13.5. The molecule has 0 saturated heterocycles. The standard InChI is InChI=1S/C20H19FN2O2S/c1-14-23-18(15-8-3-2-4-9-15)19(26-14)20(24)22-12-7-13-25-17-11-6-5-10-16(17)21/h2-6,8-11H,7,12-13H2,1H3,(H,22,24). The first-order valence-electron chi connectivity index (χ1n) is 8.33. The molecule has 0 atom stereocenters. The van der Waals surface area contributed by atoms with Crippen LogP contribution >= 0.6 is 11.3 Å². The number of benzene rings is 2. The molecule has 4 nitrogen and oxygen atoms in total. The van der Waals surface area contributed by atoms with Gasteiger partial charge in [0.25, 0.3) is 5.91 Å². The van der Waals surface area contributed by atoms with Gasteiger partial charge in [0.1, 0.15) is 4.88 Å². The number of thiazole rings is 1. The molecule has 0 aliphatic rings. The molecule has 0 saturated carbocycles. The van der Waals surface area contributed by atoms with Gasteiger partial charge in [-0.1, -0.05) is 42.5 Å². The molecule has 26 heavy (non-hydrogen) atoms. The maximum Gasteiger partial charge on any atom is 0.263 e. The van der Waals surface area contributed by atoms with Gasteiger partial charge in [-0.3, -0.25) is 4.79 Å². The lowest BCUT2D eigenvalue weighted by Crippen LogP contribution is -2.25. The van der Waals surface area contributed by atoms with Crippen molar-refractivity contribution in [2.45, 2.75) is 13.3 Å². The second-order valence-corrected chi connectivity index (χ2v) is 6.87. The van der Waals surface area contributed by atoms with E-state index >= 15 is 0 Å². The van der Waals surface area contributed by atoms with E-state index in [1.165, 1.54) is 17.4 Å². The molecule has 1 heterocycles. The zero-order valence-electron chi connectivity index (χ0n) is 14.4. The number of carbonyl (C=O) groups is 1. The van der Waals surface area contributed by atoms with E-state index in [0.29, 0.717) is 30.1 Å². The van der Waals surface area contributed by atoms with Crippen LogP contribution in [-0.2, 0) is 0 Å². The molecule has 2 aromatic carbocycles. The van der Waals surface area contributed by atoms with Crippen molar-refractivity contribution in [3.63, 3.8) is 0 Å². The number of hydrogen-bond acceptors (Lipinski definition) is 4. The number of aromatic nitrogens is 1. The lowest BCUT2D eigenvalue weighted by Gasteiger charge is -2.08. The van der Waals surface area contributed by atoms with Gasteiger partial charge in [0.15, 0.2) is 11.6 Å². The van der Waals surface area contributed by atoms with Crippen LogP contribution in [0, 0.1) is 12.7 Å². The number of nitrogens with one attached hydrogen (secondary N) is 1. The molecule has 0 spiro atoms. The number of amides is 1. The van der Waals surface area contributed by atoms with Crippen LogP contribution in [0.5, 0.6) is 5.75 Å². The Bertz CT molecular complexity index is 881. The van der Waals surface area contributed by atoms with E-state index in [1.807, 2.05) is 37.3 Å². The largest absolute Gasteiger partial charge is 0.490 e. The lowest BCUT2D eigenvalue weighted by atomic mass is 10.1. The predicted octanol–water partition coefficient (Wildman–Crippen LogP) is 4.46. The van der Waals surface area contributed by atoms with Crippen LogP contribution < -0.4 is 10.1 Å². The first-order valence-corrected chi connectivity index (χ1v) is 9.15. The number of rotatable bonds is 7. The topological polar surface area (TPSA) is 51.2 Å². The van der Waals surface area contributed by atoms with Crippen molar-refractivity contribution in [1.82, 2.24) is 10.3 Å². The van der Waals surface area contributed by atoms with Gasteiger partial charge in [-0.15, -0.1) is 11.3 Å². The van der Waals surface area contributed by atoms with E-state index in [0.717, 1.165) is 10.6 Å². The normalized spacial score (nSPS) is 10.5. The van der Waals surface area contributed by atoms with Gasteiger partial charge in [0.2, 0.25) is 0 Å². The van der Waals surface area contributed by atoms with Crippen molar-refractivity contribution in [3.05, 3.63) is 70.3 Å². The number of nitrogens with zero attached hydrogens (tertiary/aromatic N) is 1. The Labute approximate surface area is 155 Å². The van der Waals surface area contributed by atoms with E-state index in [1.54, 1.807) is 18.2 Å². The summed E-state index contributed by atoms with van der Waals surface area (Å²) in [5, 5.41) is 3.73. The summed E-state index contributed by atoms with van der Waals surface area (Å²) in [5.41, 5.74) is 1.62. The van der Waals surface area contributed by atoms with E-state index in [-0.39, 0.29) is 17.5 Å². The third kappa shape index (κ3) is 4.46. The Morgan fingerprint density at radius 1 is 1.15 bits per heavy atom. The summed E-state index contributed by atoms with van der Waals surface area (Å²) in [6, 6.07) is 15.9. The van der Waals surface area contributed by atoms with E-state index < -0.39 is 0 Å². The van der Waals surface area contributed by atoms with Gasteiger partial charge in [0.05, 0.1) is 17.3 Å². The summed E-state index contributed by atoms with van der Waals surface area (Å²) in [5.74, 6) is -0.312. The van der Waals surface area contributed by atoms with E-state index in [2.05, 4.69) is 10.3 Å². The number of ether oxygens (including phenoxy) is 1. The molecule has 1 amide bonds. The summed E-state index contributed by atoms with van der Waals surface area (Å²) in [4.78, 5) is 17.6. The highest BCUT2D eigenvalue weighted by Gasteiger charge is 2.17. The Balaban J connectivity index is 1.54. The number of hydrogen-bond donors (Lipinski definition) is 1.